The van der Waals surface area contributed by atoms with Crippen LogP contribution in [0.1, 0.15) is 33.6 Å². The van der Waals surface area contributed by atoms with E-state index in [2.05, 4.69) is 19.2 Å². The predicted molar refractivity (Wildman–Crippen MR) is 77.5 cm³/mol. The normalized spacial score (nSPS) is 27.1. The van der Waals surface area contributed by atoms with Crippen molar-refractivity contribution in [1.82, 2.24) is 9.62 Å². The lowest BCUT2D eigenvalue weighted by Gasteiger charge is -2.37. The highest BCUT2D eigenvalue weighted by Crippen LogP contribution is 2.31. The van der Waals surface area contributed by atoms with E-state index in [9.17, 15) is 8.42 Å². The summed E-state index contributed by atoms with van der Waals surface area (Å²) in [5.41, 5.74) is 0. The van der Waals surface area contributed by atoms with Crippen LogP contribution in [0.2, 0.25) is 0 Å². The number of nitrogens with zero attached hydrogens (tertiary/aromatic N) is 1. The molecular weight excluding hydrogens is 268 g/mol. The quantitative estimate of drug-likeness (QED) is 0.829. The van der Waals surface area contributed by atoms with Gasteiger partial charge in [-0.15, -0.1) is 0 Å². The second-order valence-corrected chi connectivity index (χ2v) is 10.1. The molecule has 4 nitrogen and oxygen atoms in total. The fourth-order valence-corrected chi connectivity index (χ4v) is 5.14. The SMILES string of the molecule is CC(CNC1CC1)S(=O)(=O)N1CCSC(C)(C)C1. The van der Waals surface area contributed by atoms with Crippen LogP contribution in [-0.2, 0) is 10.0 Å². The molecular formula is C12H24N2O2S2. The largest absolute Gasteiger partial charge is 0.313 e. The highest BCUT2D eigenvalue weighted by Gasteiger charge is 2.36. The molecule has 2 rings (SSSR count). The summed E-state index contributed by atoms with van der Waals surface area (Å²) in [5.74, 6) is 0.898. The smallest absolute Gasteiger partial charge is 0.218 e. The number of sulfonamides is 1. The van der Waals surface area contributed by atoms with Gasteiger partial charge in [-0.1, -0.05) is 0 Å². The third kappa shape index (κ3) is 3.62. The molecule has 0 spiro atoms. The summed E-state index contributed by atoms with van der Waals surface area (Å²) in [6.45, 7) is 7.92. The van der Waals surface area contributed by atoms with Crippen molar-refractivity contribution < 1.29 is 8.42 Å². The average Bonchev–Trinajstić information content (AvgIpc) is 3.08. The van der Waals surface area contributed by atoms with E-state index in [0.29, 0.717) is 25.7 Å². The fourth-order valence-electron chi connectivity index (χ4n) is 2.17. The van der Waals surface area contributed by atoms with Crippen molar-refractivity contribution in [2.75, 3.05) is 25.4 Å². The van der Waals surface area contributed by atoms with Crippen molar-refractivity contribution in [3.63, 3.8) is 0 Å². The Bertz CT molecular complexity index is 391. The highest BCUT2D eigenvalue weighted by atomic mass is 32.2. The maximum Gasteiger partial charge on any atom is 0.218 e. The van der Waals surface area contributed by atoms with E-state index in [4.69, 9.17) is 0 Å². The van der Waals surface area contributed by atoms with Crippen molar-refractivity contribution in [1.29, 1.82) is 0 Å². The number of nitrogens with one attached hydrogen (secondary N) is 1. The molecule has 1 unspecified atom stereocenters. The third-order valence-electron chi connectivity index (χ3n) is 3.53. The van der Waals surface area contributed by atoms with E-state index >= 15 is 0 Å². The van der Waals surface area contributed by atoms with Crippen LogP contribution in [0.15, 0.2) is 0 Å². The molecule has 0 amide bonds. The molecule has 1 atom stereocenters. The molecule has 6 heteroatoms. The number of rotatable bonds is 5. The van der Waals surface area contributed by atoms with Crippen LogP contribution in [-0.4, -0.2) is 54.1 Å². The zero-order valence-electron chi connectivity index (χ0n) is 11.5. The molecule has 18 heavy (non-hydrogen) atoms. The van der Waals surface area contributed by atoms with Gasteiger partial charge < -0.3 is 5.32 Å². The van der Waals surface area contributed by atoms with Gasteiger partial charge in [-0.25, -0.2) is 8.42 Å². The highest BCUT2D eigenvalue weighted by molar-refractivity contribution is 8.00. The lowest BCUT2D eigenvalue weighted by molar-refractivity contribution is 0.381. The maximum absolute atomic E-state index is 12.5. The minimum absolute atomic E-state index is 0.0367. The molecule has 1 saturated heterocycles. The molecule has 1 aliphatic carbocycles. The van der Waals surface area contributed by atoms with Gasteiger partial charge in [0, 0.05) is 36.2 Å². The van der Waals surface area contributed by atoms with Crippen LogP contribution in [0, 0.1) is 0 Å². The Kier molecular flexibility index (Phi) is 4.31. The Morgan fingerprint density at radius 2 is 2.11 bits per heavy atom. The Morgan fingerprint density at radius 3 is 2.67 bits per heavy atom. The summed E-state index contributed by atoms with van der Waals surface area (Å²) in [4.78, 5) is 0. The van der Waals surface area contributed by atoms with Crippen molar-refractivity contribution in [3.8, 4) is 0 Å². The van der Waals surface area contributed by atoms with Gasteiger partial charge in [-0.2, -0.15) is 16.1 Å². The van der Waals surface area contributed by atoms with Crippen LogP contribution < -0.4 is 5.32 Å². The standard InChI is InChI=1S/C12H24N2O2S2/c1-10(8-13-11-4-5-11)18(15,16)14-6-7-17-12(2,3)9-14/h10-11,13H,4-9H2,1-3H3. The van der Waals surface area contributed by atoms with E-state index < -0.39 is 10.0 Å². The first-order valence-corrected chi connectivity index (χ1v) is 9.16. The van der Waals surface area contributed by atoms with Crippen LogP contribution in [0.5, 0.6) is 0 Å². The van der Waals surface area contributed by atoms with E-state index in [1.165, 1.54) is 12.8 Å². The molecule has 2 fully saturated rings. The van der Waals surface area contributed by atoms with Gasteiger partial charge in [0.1, 0.15) is 0 Å². The summed E-state index contributed by atoms with van der Waals surface area (Å²) in [6, 6.07) is 0.566. The molecule has 0 aromatic carbocycles. The van der Waals surface area contributed by atoms with Gasteiger partial charge in [-0.05, 0) is 33.6 Å². The second kappa shape index (κ2) is 5.31. The Hall–Kier alpha value is 0.220. The number of thioether (sulfide) groups is 1. The molecule has 1 heterocycles. The van der Waals surface area contributed by atoms with Gasteiger partial charge in [0.15, 0.2) is 0 Å². The lowest BCUT2D eigenvalue weighted by Crippen LogP contribution is -2.50. The average molecular weight is 292 g/mol. The fraction of sp³-hybridized carbons (Fsp3) is 1.00. The van der Waals surface area contributed by atoms with Crippen LogP contribution in [0.25, 0.3) is 0 Å². The summed E-state index contributed by atoms with van der Waals surface area (Å²) in [7, 11) is -3.14. The second-order valence-electron chi connectivity index (χ2n) is 5.98. The van der Waals surface area contributed by atoms with Gasteiger partial charge >= 0.3 is 0 Å². The monoisotopic (exact) mass is 292 g/mol. The van der Waals surface area contributed by atoms with Gasteiger partial charge in [0.25, 0.3) is 0 Å². The maximum atomic E-state index is 12.5. The predicted octanol–water partition coefficient (Wildman–Crippen LogP) is 1.28. The van der Waals surface area contributed by atoms with Gasteiger partial charge in [-0.3, -0.25) is 0 Å². The Labute approximate surface area is 115 Å². The zero-order chi connectivity index (χ0) is 13.4. The molecule has 0 aromatic rings. The Balaban J connectivity index is 1.95. The molecule has 1 N–H and O–H groups in total. The molecule has 0 aromatic heterocycles. The van der Waals surface area contributed by atoms with E-state index in [-0.39, 0.29) is 10.00 Å². The first kappa shape index (κ1) is 14.6. The van der Waals surface area contributed by atoms with Gasteiger partial charge in [0.2, 0.25) is 10.0 Å². The summed E-state index contributed by atoms with van der Waals surface area (Å²) < 4.78 is 26.7. The van der Waals surface area contributed by atoms with Crippen LogP contribution in [0.3, 0.4) is 0 Å². The molecule has 0 bridgehead atoms. The van der Waals surface area contributed by atoms with E-state index in [1.54, 1.807) is 4.31 Å². The van der Waals surface area contributed by atoms with Crippen molar-refractivity contribution >= 4 is 21.8 Å². The topological polar surface area (TPSA) is 49.4 Å². The van der Waals surface area contributed by atoms with Crippen molar-refractivity contribution in [2.24, 2.45) is 0 Å². The number of hydrogen-bond acceptors (Lipinski definition) is 4. The molecule has 106 valence electrons. The van der Waals surface area contributed by atoms with Crippen LogP contribution >= 0.6 is 11.8 Å². The summed E-state index contributed by atoms with van der Waals surface area (Å²) >= 11 is 1.86. The lowest BCUT2D eigenvalue weighted by atomic mass is 10.2. The molecule has 2 aliphatic rings. The Morgan fingerprint density at radius 1 is 1.44 bits per heavy atom. The first-order chi connectivity index (χ1) is 8.31. The number of hydrogen-bond donors (Lipinski definition) is 1. The first-order valence-electron chi connectivity index (χ1n) is 6.67. The van der Waals surface area contributed by atoms with Crippen molar-refractivity contribution in [3.05, 3.63) is 0 Å². The summed E-state index contributed by atoms with van der Waals surface area (Å²) in [5, 5.41) is 2.99. The van der Waals surface area contributed by atoms with Gasteiger partial charge in [0.05, 0.1) is 5.25 Å². The summed E-state index contributed by atoms with van der Waals surface area (Å²) in [6.07, 6.45) is 2.39. The zero-order valence-corrected chi connectivity index (χ0v) is 13.1. The van der Waals surface area contributed by atoms with E-state index in [1.807, 2.05) is 18.7 Å². The molecule has 0 radical (unpaired) electrons. The van der Waals surface area contributed by atoms with Crippen LogP contribution in [0.4, 0.5) is 0 Å². The molecule has 1 aliphatic heterocycles. The third-order valence-corrected chi connectivity index (χ3v) is 7.04. The molecule has 1 saturated carbocycles. The van der Waals surface area contributed by atoms with E-state index in [0.717, 1.165) is 5.75 Å². The minimum atomic E-state index is -3.14. The van der Waals surface area contributed by atoms with Crippen molar-refractivity contribution in [2.45, 2.75) is 49.7 Å². The minimum Gasteiger partial charge on any atom is -0.313 e.